The fraction of sp³-hybridized carbons (Fsp3) is 0.222. The van der Waals surface area contributed by atoms with E-state index in [9.17, 15) is 9.59 Å². The zero-order valence-corrected chi connectivity index (χ0v) is 13.3. The van der Waals surface area contributed by atoms with Crippen molar-refractivity contribution < 1.29 is 24.3 Å². The highest BCUT2D eigenvalue weighted by Gasteiger charge is 2.54. The molecule has 0 bridgehead atoms. The van der Waals surface area contributed by atoms with Crippen molar-refractivity contribution in [2.75, 3.05) is 13.2 Å². The molecule has 128 valence electrons. The number of nitrogens with zero attached hydrogens (tertiary/aromatic N) is 1. The number of carbonyl (C=O) groups excluding carboxylic acids is 2. The minimum Gasteiger partial charge on any atom is -0.326 e. The highest BCUT2D eigenvalue weighted by atomic mass is 16.8. The van der Waals surface area contributed by atoms with Crippen LogP contribution in [-0.4, -0.2) is 35.1 Å². The summed E-state index contributed by atoms with van der Waals surface area (Å²) in [7, 11) is 0. The van der Waals surface area contributed by atoms with Gasteiger partial charge in [0.1, 0.15) is 0 Å². The summed E-state index contributed by atoms with van der Waals surface area (Å²) in [6.07, 6.45) is 0. The molecule has 2 aromatic rings. The Morgan fingerprint density at radius 2 is 1.80 bits per heavy atom. The van der Waals surface area contributed by atoms with Crippen LogP contribution in [0.5, 0.6) is 0 Å². The van der Waals surface area contributed by atoms with Crippen molar-refractivity contribution in [1.82, 2.24) is 10.4 Å². The SMILES string of the molecule is O=C(NO)c1ccc(CN2C(=O)c3ccccc3C23OCCO3)cc1. The molecule has 2 heterocycles. The number of ether oxygens (including phenoxy) is 2. The zero-order valence-electron chi connectivity index (χ0n) is 13.3. The topological polar surface area (TPSA) is 88.1 Å². The molecule has 7 heteroatoms. The fourth-order valence-electron chi connectivity index (χ4n) is 3.27. The van der Waals surface area contributed by atoms with E-state index < -0.39 is 11.8 Å². The van der Waals surface area contributed by atoms with Crippen molar-refractivity contribution in [3.05, 3.63) is 70.8 Å². The van der Waals surface area contributed by atoms with Gasteiger partial charge in [-0.05, 0) is 23.8 Å². The average molecular weight is 340 g/mol. The van der Waals surface area contributed by atoms with E-state index in [-0.39, 0.29) is 12.5 Å². The normalized spacial score (nSPS) is 17.8. The van der Waals surface area contributed by atoms with Gasteiger partial charge in [-0.1, -0.05) is 30.3 Å². The Balaban J connectivity index is 1.66. The second-order valence-electron chi connectivity index (χ2n) is 5.85. The van der Waals surface area contributed by atoms with Crippen LogP contribution in [0, 0.1) is 0 Å². The molecule has 1 spiro atoms. The Hall–Kier alpha value is -2.74. The van der Waals surface area contributed by atoms with Crippen LogP contribution >= 0.6 is 0 Å². The van der Waals surface area contributed by atoms with Crippen molar-refractivity contribution in [3.8, 4) is 0 Å². The lowest BCUT2D eigenvalue weighted by Crippen LogP contribution is -2.44. The smallest absolute Gasteiger partial charge is 0.284 e. The summed E-state index contributed by atoms with van der Waals surface area (Å²) in [6, 6.07) is 13.9. The lowest BCUT2D eigenvalue weighted by atomic mass is 10.1. The molecule has 0 radical (unpaired) electrons. The van der Waals surface area contributed by atoms with E-state index in [2.05, 4.69) is 0 Å². The third-order valence-corrected chi connectivity index (χ3v) is 4.44. The minimum absolute atomic E-state index is 0.158. The van der Waals surface area contributed by atoms with E-state index in [1.165, 1.54) is 0 Å². The molecule has 2 aliphatic rings. The van der Waals surface area contributed by atoms with Crippen molar-refractivity contribution in [2.45, 2.75) is 12.5 Å². The quantitative estimate of drug-likeness (QED) is 0.655. The van der Waals surface area contributed by atoms with Gasteiger partial charge in [0.05, 0.1) is 25.3 Å². The molecule has 1 fully saturated rings. The summed E-state index contributed by atoms with van der Waals surface area (Å²) < 4.78 is 11.7. The van der Waals surface area contributed by atoms with Crippen LogP contribution in [0.4, 0.5) is 0 Å². The number of hydrogen-bond donors (Lipinski definition) is 2. The highest BCUT2D eigenvalue weighted by Crippen LogP contribution is 2.44. The number of carbonyl (C=O) groups is 2. The maximum Gasteiger partial charge on any atom is 0.284 e. The third-order valence-electron chi connectivity index (χ3n) is 4.44. The highest BCUT2D eigenvalue weighted by molar-refractivity contribution is 5.99. The van der Waals surface area contributed by atoms with Crippen LogP contribution in [0.3, 0.4) is 0 Å². The van der Waals surface area contributed by atoms with Crippen molar-refractivity contribution in [2.24, 2.45) is 0 Å². The first-order chi connectivity index (χ1) is 12.2. The van der Waals surface area contributed by atoms with Gasteiger partial charge in [-0.25, -0.2) is 5.48 Å². The number of benzene rings is 2. The van der Waals surface area contributed by atoms with E-state index >= 15 is 0 Å². The van der Waals surface area contributed by atoms with Crippen LogP contribution in [0.15, 0.2) is 48.5 Å². The molecule has 2 amide bonds. The first kappa shape index (κ1) is 15.8. The van der Waals surface area contributed by atoms with Gasteiger partial charge in [0.2, 0.25) is 0 Å². The number of fused-ring (bicyclic) bond motifs is 2. The predicted octanol–water partition coefficient (Wildman–Crippen LogP) is 1.62. The van der Waals surface area contributed by atoms with Crippen LogP contribution in [-0.2, 0) is 21.9 Å². The van der Waals surface area contributed by atoms with Gasteiger partial charge in [-0.15, -0.1) is 0 Å². The summed E-state index contributed by atoms with van der Waals surface area (Å²) in [5.74, 6) is -1.93. The summed E-state index contributed by atoms with van der Waals surface area (Å²) in [4.78, 5) is 25.8. The number of hydrogen-bond acceptors (Lipinski definition) is 5. The Morgan fingerprint density at radius 3 is 2.48 bits per heavy atom. The maximum atomic E-state index is 12.9. The minimum atomic E-state index is -1.19. The first-order valence-electron chi connectivity index (χ1n) is 7.88. The van der Waals surface area contributed by atoms with Crippen LogP contribution in [0.2, 0.25) is 0 Å². The Morgan fingerprint density at radius 1 is 1.12 bits per heavy atom. The summed E-state index contributed by atoms with van der Waals surface area (Å²) in [5.41, 5.74) is 4.01. The lowest BCUT2D eigenvalue weighted by Gasteiger charge is -2.33. The second-order valence-corrected chi connectivity index (χ2v) is 5.85. The largest absolute Gasteiger partial charge is 0.326 e. The molecular formula is C18H16N2O5. The molecule has 0 atom stereocenters. The molecule has 0 aromatic heterocycles. The lowest BCUT2D eigenvalue weighted by molar-refractivity contribution is -0.247. The summed E-state index contributed by atoms with van der Waals surface area (Å²) in [6.45, 7) is 1.09. The maximum absolute atomic E-state index is 12.9. The molecule has 25 heavy (non-hydrogen) atoms. The van der Waals surface area contributed by atoms with E-state index in [1.807, 2.05) is 18.2 Å². The van der Waals surface area contributed by atoms with Crippen molar-refractivity contribution in [3.63, 3.8) is 0 Å². The molecule has 2 aliphatic heterocycles. The third kappa shape index (κ3) is 2.41. The molecule has 2 N–H and O–H groups in total. The fourth-order valence-corrected chi connectivity index (χ4v) is 3.27. The second kappa shape index (κ2) is 5.96. The van der Waals surface area contributed by atoms with Gasteiger partial charge in [0, 0.05) is 11.1 Å². The molecule has 0 unspecified atom stereocenters. The Kier molecular flexibility index (Phi) is 3.76. The Bertz CT molecular complexity index is 828. The zero-order chi connectivity index (χ0) is 17.4. The van der Waals surface area contributed by atoms with E-state index in [1.54, 1.807) is 40.7 Å². The standard InChI is InChI=1S/C18H16N2O5/c21-16(19-23)13-7-5-12(6-8-13)11-20-17(22)14-3-1-2-4-15(14)18(20)24-9-10-25-18/h1-8,23H,9-11H2,(H,19,21). The molecular weight excluding hydrogens is 324 g/mol. The van der Waals surface area contributed by atoms with Gasteiger partial charge < -0.3 is 9.47 Å². The van der Waals surface area contributed by atoms with E-state index in [4.69, 9.17) is 14.7 Å². The molecule has 4 rings (SSSR count). The van der Waals surface area contributed by atoms with Crippen LogP contribution in [0.25, 0.3) is 0 Å². The van der Waals surface area contributed by atoms with Crippen LogP contribution in [0.1, 0.15) is 31.8 Å². The van der Waals surface area contributed by atoms with Gasteiger partial charge in [0.15, 0.2) is 0 Å². The predicted molar refractivity (Wildman–Crippen MR) is 85.6 cm³/mol. The van der Waals surface area contributed by atoms with Gasteiger partial charge in [0.25, 0.3) is 17.7 Å². The van der Waals surface area contributed by atoms with E-state index in [0.29, 0.717) is 29.9 Å². The number of rotatable bonds is 3. The molecule has 2 aromatic carbocycles. The van der Waals surface area contributed by atoms with Gasteiger partial charge >= 0.3 is 0 Å². The van der Waals surface area contributed by atoms with Gasteiger partial charge in [-0.3, -0.25) is 19.7 Å². The number of amides is 2. The Labute approximate surface area is 143 Å². The molecule has 1 saturated heterocycles. The number of hydroxylamine groups is 1. The number of nitrogens with one attached hydrogen (secondary N) is 1. The first-order valence-corrected chi connectivity index (χ1v) is 7.88. The van der Waals surface area contributed by atoms with Gasteiger partial charge in [-0.2, -0.15) is 0 Å². The molecule has 0 saturated carbocycles. The molecule has 0 aliphatic carbocycles. The summed E-state index contributed by atoms with van der Waals surface area (Å²) in [5, 5.41) is 8.68. The van der Waals surface area contributed by atoms with Crippen molar-refractivity contribution in [1.29, 1.82) is 0 Å². The van der Waals surface area contributed by atoms with Crippen LogP contribution < -0.4 is 5.48 Å². The van der Waals surface area contributed by atoms with E-state index in [0.717, 1.165) is 5.56 Å². The molecule has 7 nitrogen and oxygen atoms in total. The average Bonchev–Trinajstić information content (AvgIpc) is 3.23. The monoisotopic (exact) mass is 340 g/mol. The summed E-state index contributed by atoms with van der Waals surface area (Å²) >= 11 is 0. The van der Waals surface area contributed by atoms with Crippen molar-refractivity contribution >= 4 is 11.8 Å².